The molecule has 0 unspecified atom stereocenters. The molecule has 32 heavy (non-hydrogen) atoms. The van der Waals surface area contributed by atoms with E-state index in [0.29, 0.717) is 40.7 Å². The van der Waals surface area contributed by atoms with Crippen LogP contribution in [0.15, 0.2) is 65.6 Å². The number of anilines is 1. The second-order valence-electron chi connectivity index (χ2n) is 7.46. The second-order valence-corrected chi connectivity index (χ2v) is 9.55. The van der Waals surface area contributed by atoms with E-state index in [9.17, 15) is 13.2 Å². The molecule has 0 spiro atoms. The first-order chi connectivity index (χ1) is 15.2. The quantitative estimate of drug-likeness (QED) is 0.458. The molecule has 0 aliphatic rings. The third kappa shape index (κ3) is 6.02. The van der Waals surface area contributed by atoms with E-state index in [1.807, 2.05) is 26.0 Å². The van der Waals surface area contributed by atoms with Crippen LogP contribution in [-0.4, -0.2) is 27.5 Å². The van der Waals surface area contributed by atoms with Crippen LogP contribution in [0.4, 0.5) is 5.69 Å². The molecule has 3 aromatic carbocycles. The number of sulfonamides is 1. The van der Waals surface area contributed by atoms with E-state index in [2.05, 4.69) is 10.0 Å². The van der Waals surface area contributed by atoms with E-state index in [0.717, 1.165) is 11.1 Å². The molecule has 1 amide bonds. The van der Waals surface area contributed by atoms with Crippen molar-refractivity contribution in [1.29, 1.82) is 0 Å². The highest BCUT2D eigenvalue weighted by atomic mass is 35.5. The lowest BCUT2D eigenvalue weighted by atomic mass is 10.1. The highest BCUT2D eigenvalue weighted by molar-refractivity contribution is 7.92. The summed E-state index contributed by atoms with van der Waals surface area (Å²) in [7, 11) is -3.71. The summed E-state index contributed by atoms with van der Waals surface area (Å²) < 4.78 is 33.4. The Hall–Kier alpha value is -3.03. The van der Waals surface area contributed by atoms with Crippen molar-refractivity contribution >= 4 is 33.2 Å². The Bertz CT molecular complexity index is 1230. The van der Waals surface area contributed by atoms with Gasteiger partial charge in [-0.05, 0) is 74.4 Å². The summed E-state index contributed by atoms with van der Waals surface area (Å²) in [6.07, 6.45) is 0. The Morgan fingerprint density at radius 3 is 2.31 bits per heavy atom. The molecule has 2 N–H and O–H groups in total. The molecule has 8 heteroatoms. The van der Waals surface area contributed by atoms with Gasteiger partial charge in [-0.2, -0.15) is 0 Å². The number of carbonyl (C=O) groups is 1. The summed E-state index contributed by atoms with van der Waals surface area (Å²) in [6, 6.07) is 16.8. The first-order valence-corrected chi connectivity index (χ1v) is 11.9. The maximum absolute atomic E-state index is 12.6. The fourth-order valence-electron chi connectivity index (χ4n) is 2.94. The van der Waals surface area contributed by atoms with E-state index in [-0.39, 0.29) is 10.8 Å². The molecule has 168 valence electrons. The summed E-state index contributed by atoms with van der Waals surface area (Å²) in [5.74, 6) is 0.363. The Kier molecular flexibility index (Phi) is 7.43. The number of rotatable bonds is 8. The van der Waals surface area contributed by atoms with Crippen molar-refractivity contribution in [2.24, 2.45) is 0 Å². The van der Waals surface area contributed by atoms with Crippen LogP contribution < -0.4 is 14.8 Å². The van der Waals surface area contributed by atoms with Gasteiger partial charge in [-0.1, -0.05) is 35.4 Å². The van der Waals surface area contributed by atoms with Crippen LogP contribution in [0.5, 0.6) is 5.75 Å². The minimum Gasteiger partial charge on any atom is -0.492 e. The zero-order valence-corrected chi connectivity index (χ0v) is 19.7. The van der Waals surface area contributed by atoms with E-state index in [1.165, 1.54) is 0 Å². The molecule has 0 radical (unpaired) electrons. The van der Waals surface area contributed by atoms with Crippen LogP contribution in [0.25, 0.3) is 0 Å². The Morgan fingerprint density at radius 2 is 1.66 bits per heavy atom. The number of halogens is 1. The molecule has 0 fully saturated rings. The predicted octanol–water partition coefficient (Wildman–Crippen LogP) is 4.87. The lowest BCUT2D eigenvalue weighted by molar-refractivity contribution is 0.0947. The number of aryl methyl sites for hydroxylation is 3. The van der Waals surface area contributed by atoms with Gasteiger partial charge in [0, 0.05) is 10.6 Å². The first-order valence-electron chi connectivity index (χ1n) is 10.0. The van der Waals surface area contributed by atoms with Gasteiger partial charge < -0.3 is 10.1 Å². The van der Waals surface area contributed by atoms with Gasteiger partial charge in [0.05, 0.1) is 17.1 Å². The van der Waals surface area contributed by atoms with Crippen LogP contribution in [-0.2, 0) is 10.0 Å². The molecule has 0 atom stereocenters. The van der Waals surface area contributed by atoms with Crippen LogP contribution in [0.3, 0.4) is 0 Å². The maximum atomic E-state index is 12.6. The third-order valence-electron chi connectivity index (χ3n) is 4.86. The van der Waals surface area contributed by atoms with Gasteiger partial charge in [-0.25, -0.2) is 8.42 Å². The van der Waals surface area contributed by atoms with Gasteiger partial charge >= 0.3 is 0 Å². The monoisotopic (exact) mass is 472 g/mol. The molecule has 3 aromatic rings. The fraction of sp³-hybridized carbons (Fsp3) is 0.208. The molecule has 0 bridgehead atoms. The highest BCUT2D eigenvalue weighted by Gasteiger charge is 2.16. The van der Waals surface area contributed by atoms with Crippen molar-refractivity contribution in [3.05, 3.63) is 87.9 Å². The highest BCUT2D eigenvalue weighted by Crippen LogP contribution is 2.22. The summed E-state index contributed by atoms with van der Waals surface area (Å²) in [5, 5.41) is 3.41. The number of nitrogens with one attached hydrogen (secondary N) is 2. The fourth-order valence-corrected chi connectivity index (χ4v) is 4.24. The molecule has 0 saturated carbocycles. The van der Waals surface area contributed by atoms with Gasteiger partial charge in [-0.15, -0.1) is 0 Å². The van der Waals surface area contributed by atoms with E-state index >= 15 is 0 Å². The normalized spacial score (nSPS) is 11.1. The van der Waals surface area contributed by atoms with Crippen molar-refractivity contribution in [2.75, 3.05) is 17.9 Å². The molecule has 3 rings (SSSR count). The number of benzene rings is 3. The van der Waals surface area contributed by atoms with Crippen molar-refractivity contribution in [3.8, 4) is 5.75 Å². The summed E-state index contributed by atoms with van der Waals surface area (Å²) in [5.41, 5.74) is 3.43. The average Bonchev–Trinajstić information content (AvgIpc) is 2.75. The van der Waals surface area contributed by atoms with Gasteiger partial charge in [0.1, 0.15) is 12.4 Å². The van der Waals surface area contributed by atoms with Crippen molar-refractivity contribution in [2.45, 2.75) is 25.7 Å². The molecule has 0 aliphatic heterocycles. The van der Waals surface area contributed by atoms with E-state index in [1.54, 1.807) is 55.5 Å². The molecule has 6 nitrogen and oxygen atoms in total. The van der Waals surface area contributed by atoms with Crippen LogP contribution in [0.2, 0.25) is 5.02 Å². The zero-order chi connectivity index (χ0) is 23.3. The van der Waals surface area contributed by atoms with Crippen LogP contribution in [0.1, 0.15) is 27.0 Å². The first kappa shape index (κ1) is 23.6. The average molecular weight is 473 g/mol. The predicted molar refractivity (Wildman–Crippen MR) is 127 cm³/mol. The van der Waals surface area contributed by atoms with E-state index in [4.69, 9.17) is 16.3 Å². The van der Waals surface area contributed by atoms with Crippen LogP contribution in [0, 0.1) is 20.8 Å². The SMILES string of the molecule is Cc1ccc(S(=O)(=O)Nc2ccc(C(=O)NCCOc3ccc(C)c(Cl)c3)cc2C)cc1. The molecular weight excluding hydrogens is 448 g/mol. The van der Waals surface area contributed by atoms with Gasteiger partial charge in [0.15, 0.2) is 0 Å². The maximum Gasteiger partial charge on any atom is 0.261 e. The number of amides is 1. The van der Waals surface area contributed by atoms with Crippen molar-refractivity contribution in [1.82, 2.24) is 5.32 Å². The molecular formula is C24H25ClN2O4S. The largest absolute Gasteiger partial charge is 0.492 e. The smallest absolute Gasteiger partial charge is 0.261 e. The standard InChI is InChI=1S/C24H25ClN2O4S/c1-16-4-9-21(10-5-16)32(29,30)27-23-11-7-19(14-18(23)3)24(28)26-12-13-31-20-8-6-17(2)22(25)15-20/h4-11,14-15,27H,12-13H2,1-3H3,(H,26,28). The third-order valence-corrected chi connectivity index (χ3v) is 6.65. The minimum absolute atomic E-state index is 0.180. The number of hydrogen-bond donors (Lipinski definition) is 2. The molecule has 0 saturated heterocycles. The minimum atomic E-state index is -3.71. The molecule has 0 aromatic heterocycles. The molecule has 0 heterocycles. The number of ether oxygens (including phenoxy) is 1. The molecule has 0 aliphatic carbocycles. The summed E-state index contributed by atoms with van der Waals surface area (Å²) >= 11 is 6.07. The van der Waals surface area contributed by atoms with Crippen molar-refractivity contribution in [3.63, 3.8) is 0 Å². The lowest BCUT2D eigenvalue weighted by Gasteiger charge is -2.13. The Labute approximate surface area is 193 Å². The van der Waals surface area contributed by atoms with Crippen molar-refractivity contribution < 1.29 is 17.9 Å². The lowest BCUT2D eigenvalue weighted by Crippen LogP contribution is -2.28. The zero-order valence-electron chi connectivity index (χ0n) is 18.1. The van der Waals surface area contributed by atoms with Gasteiger partial charge in [0.25, 0.3) is 15.9 Å². The van der Waals surface area contributed by atoms with Gasteiger partial charge in [-0.3, -0.25) is 9.52 Å². The topological polar surface area (TPSA) is 84.5 Å². The second kappa shape index (κ2) is 10.1. The Balaban J connectivity index is 1.57. The van der Waals surface area contributed by atoms with Crippen LogP contribution >= 0.6 is 11.6 Å². The van der Waals surface area contributed by atoms with Gasteiger partial charge in [0.2, 0.25) is 0 Å². The van der Waals surface area contributed by atoms with E-state index < -0.39 is 10.0 Å². The summed E-state index contributed by atoms with van der Waals surface area (Å²) in [4.78, 5) is 12.6. The Morgan fingerprint density at radius 1 is 0.938 bits per heavy atom. The summed E-state index contributed by atoms with van der Waals surface area (Å²) in [6.45, 7) is 6.15. The number of hydrogen-bond acceptors (Lipinski definition) is 4. The number of carbonyl (C=O) groups excluding carboxylic acids is 1.